The summed E-state index contributed by atoms with van der Waals surface area (Å²) >= 11 is 6.16. The van der Waals surface area contributed by atoms with E-state index in [9.17, 15) is 13.2 Å². The molecular formula is C22H26ClNO4S. The summed E-state index contributed by atoms with van der Waals surface area (Å²) in [5.41, 5.74) is 2.33. The van der Waals surface area contributed by atoms with Gasteiger partial charge in [-0.05, 0) is 57.6 Å². The van der Waals surface area contributed by atoms with Crippen LogP contribution in [0.1, 0.15) is 56.4 Å². The molecule has 5 nitrogen and oxygen atoms in total. The second kappa shape index (κ2) is 9.72. The summed E-state index contributed by atoms with van der Waals surface area (Å²) in [4.78, 5) is 16.5. The summed E-state index contributed by atoms with van der Waals surface area (Å²) in [7, 11) is -3.61. The summed E-state index contributed by atoms with van der Waals surface area (Å²) in [6.45, 7) is 1.66. The van der Waals surface area contributed by atoms with E-state index < -0.39 is 15.6 Å². The van der Waals surface area contributed by atoms with Gasteiger partial charge in [0.25, 0.3) is 0 Å². The minimum Gasteiger partial charge on any atom is -0.441 e. The molecule has 0 saturated heterocycles. The lowest BCUT2D eigenvalue weighted by Gasteiger charge is -2.12. The second-order valence-electron chi connectivity index (χ2n) is 7.53. The van der Waals surface area contributed by atoms with Gasteiger partial charge in [0.2, 0.25) is 5.89 Å². The first-order chi connectivity index (χ1) is 13.8. The van der Waals surface area contributed by atoms with Gasteiger partial charge < -0.3 is 4.42 Å². The first-order valence-electron chi connectivity index (χ1n) is 9.95. The fourth-order valence-corrected chi connectivity index (χ4v) is 5.17. The molecule has 0 N–H and O–H groups in total. The normalized spacial score (nSPS) is 14.6. The van der Waals surface area contributed by atoms with E-state index in [1.165, 1.54) is 18.4 Å². The number of carbonyl (C=O) groups excluding carboxylic acids is 1. The smallest absolute Gasteiger partial charge is 0.228 e. The van der Waals surface area contributed by atoms with Crippen LogP contribution < -0.4 is 0 Å². The number of ketones is 1. The number of rotatable bonds is 9. The highest BCUT2D eigenvalue weighted by molar-refractivity contribution is 7.91. The number of carbonyl (C=O) groups is 1. The Kier molecular flexibility index (Phi) is 7.30. The first-order valence-corrected chi connectivity index (χ1v) is 12.2. The lowest BCUT2D eigenvalue weighted by molar-refractivity contribution is -0.116. The Morgan fingerprint density at radius 1 is 1.24 bits per heavy atom. The van der Waals surface area contributed by atoms with Gasteiger partial charge in [-0.2, -0.15) is 0 Å². The molecule has 0 aliphatic heterocycles. The molecule has 0 spiro atoms. The van der Waals surface area contributed by atoms with Crippen molar-refractivity contribution in [2.24, 2.45) is 0 Å². The lowest BCUT2D eigenvalue weighted by Crippen LogP contribution is -2.18. The summed E-state index contributed by atoms with van der Waals surface area (Å²) < 4.78 is 30.6. The number of Topliss-reactive ketones (excluding diaryl/α,β-unsaturated/α-hetero) is 1. The fraction of sp³-hybridized carbons (Fsp3) is 0.455. The van der Waals surface area contributed by atoms with Crippen LogP contribution in [0.4, 0.5) is 0 Å². The topological polar surface area (TPSA) is 77.2 Å². The molecule has 7 heteroatoms. The largest absolute Gasteiger partial charge is 0.441 e. The van der Waals surface area contributed by atoms with Crippen LogP contribution in [0.25, 0.3) is 11.5 Å². The van der Waals surface area contributed by atoms with E-state index in [0.29, 0.717) is 34.9 Å². The van der Waals surface area contributed by atoms with Crippen LogP contribution >= 0.6 is 11.6 Å². The van der Waals surface area contributed by atoms with Crippen molar-refractivity contribution < 1.29 is 17.6 Å². The molecule has 1 aliphatic rings. The van der Waals surface area contributed by atoms with E-state index >= 15 is 0 Å². The molecule has 0 amide bonds. The standard InChI is InChI=1S/C22H26ClNO4S/c1-16-21(24-22(28-16)19-12-5-6-13-20(19)23)15-29(26,27)14-18(25)11-7-10-17-8-3-2-4-9-17/h5-6,8,12-13H,2-4,7,9-11,14-15H2,1H3. The molecule has 1 aliphatic carbocycles. The Balaban J connectivity index is 1.57. The maximum atomic E-state index is 12.5. The van der Waals surface area contributed by atoms with Crippen LogP contribution in [0, 0.1) is 6.92 Å². The number of oxazole rings is 1. The van der Waals surface area contributed by atoms with Crippen LogP contribution in [-0.2, 0) is 20.4 Å². The molecular weight excluding hydrogens is 410 g/mol. The molecule has 0 radical (unpaired) electrons. The maximum Gasteiger partial charge on any atom is 0.228 e. The number of allylic oxidation sites excluding steroid dienone is 2. The average Bonchev–Trinajstić information content (AvgIpc) is 3.02. The van der Waals surface area contributed by atoms with Gasteiger partial charge in [-0.1, -0.05) is 35.4 Å². The predicted octanol–water partition coefficient (Wildman–Crippen LogP) is 5.46. The van der Waals surface area contributed by atoms with Gasteiger partial charge >= 0.3 is 0 Å². The van der Waals surface area contributed by atoms with Crippen molar-refractivity contribution in [2.75, 3.05) is 5.75 Å². The van der Waals surface area contributed by atoms with E-state index in [-0.39, 0.29) is 17.4 Å². The van der Waals surface area contributed by atoms with Crippen molar-refractivity contribution in [1.82, 2.24) is 4.98 Å². The third-order valence-electron chi connectivity index (χ3n) is 5.07. The zero-order chi connectivity index (χ0) is 20.9. The molecule has 156 valence electrons. The Hall–Kier alpha value is -1.92. The van der Waals surface area contributed by atoms with Crippen molar-refractivity contribution >= 4 is 27.2 Å². The fourth-order valence-electron chi connectivity index (χ4n) is 3.53. The molecule has 1 aromatic heterocycles. The number of aromatic nitrogens is 1. The van der Waals surface area contributed by atoms with Gasteiger partial charge in [0.15, 0.2) is 9.84 Å². The highest BCUT2D eigenvalue weighted by atomic mass is 35.5. The Morgan fingerprint density at radius 2 is 2.03 bits per heavy atom. The molecule has 2 aromatic rings. The Bertz CT molecular complexity index is 1010. The summed E-state index contributed by atoms with van der Waals surface area (Å²) in [6, 6.07) is 7.08. The molecule has 0 atom stereocenters. The molecule has 0 fully saturated rings. The first kappa shape index (κ1) is 21.8. The summed E-state index contributed by atoms with van der Waals surface area (Å²) in [6.07, 6.45) is 8.81. The molecule has 0 saturated carbocycles. The number of nitrogens with zero attached hydrogens (tertiary/aromatic N) is 1. The van der Waals surface area contributed by atoms with E-state index in [4.69, 9.17) is 16.0 Å². The highest BCUT2D eigenvalue weighted by Crippen LogP contribution is 2.29. The number of aryl methyl sites for hydroxylation is 1. The van der Waals surface area contributed by atoms with Crippen LogP contribution in [0.5, 0.6) is 0 Å². The highest BCUT2D eigenvalue weighted by Gasteiger charge is 2.22. The van der Waals surface area contributed by atoms with Gasteiger partial charge in [0, 0.05) is 6.42 Å². The molecule has 29 heavy (non-hydrogen) atoms. The van der Waals surface area contributed by atoms with Gasteiger partial charge in [0.1, 0.15) is 17.3 Å². The molecule has 0 bridgehead atoms. The van der Waals surface area contributed by atoms with E-state index in [0.717, 1.165) is 19.3 Å². The van der Waals surface area contributed by atoms with Crippen LogP contribution in [0.15, 0.2) is 40.3 Å². The van der Waals surface area contributed by atoms with Crippen LogP contribution in [0.2, 0.25) is 5.02 Å². The Labute approximate surface area is 177 Å². The number of halogens is 1. The number of hydrogen-bond donors (Lipinski definition) is 0. The molecule has 1 heterocycles. The molecule has 1 aromatic carbocycles. The van der Waals surface area contributed by atoms with Gasteiger partial charge in [-0.15, -0.1) is 0 Å². The quantitative estimate of drug-likeness (QED) is 0.489. The molecule has 3 rings (SSSR count). The van der Waals surface area contributed by atoms with Gasteiger partial charge in [-0.25, -0.2) is 13.4 Å². The van der Waals surface area contributed by atoms with E-state index in [2.05, 4.69) is 11.1 Å². The Morgan fingerprint density at radius 3 is 2.76 bits per heavy atom. The van der Waals surface area contributed by atoms with Crippen LogP contribution in [0.3, 0.4) is 0 Å². The predicted molar refractivity (Wildman–Crippen MR) is 115 cm³/mol. The average molecular weight is 436 g/mol. The van der Waals surface area contributed by atoms with Crippen molar-refractivity contribution in [3.05, 3.63) is 52.4 Å². The van der Waals surface area contributed by atoms with E-state index in [1.807, 2.05) is 0 Å². The van der Waals surface area contributed by atoms with Gasteiger partial charge in [-0.3, -0.25) is 4.79 Å². The second-order valence-corrected chi connectivity index (χ2v) is 10.0. The summed E-state index contributed by atoms with van der Waals surface area (Å²) in [5.74, 6) is -0.317. The van der Waals surface area contributed by atoms with Crippen LogP contribution in [-0.4, -0.2) is 24.9 Å². The van der Waals surface area contributed by atoms with Crippen molar-refractivity contribution in [3.63, 3.8) is 0 Å². The molecule has 0 unspecified atom stereocenters. The van der Waals surface area contributed by atoms with Gasteiger partial charge in [0.05, 0.1) is 22.0 Å². The zero-order valence-electron chi connectivity index (χ0n) is 16.6. The minimum absolute atomic E-state index is 0.242. The third kappa shape index (κ3) is 6.28. The van der Waals surface area contributed by atoms with E-state index in [1.54, 1.807) is 31.2 Å². The third-order valence-corrected chi connectivity index (χ3v) is 6.88. The van der Waals surface area contributed by atoms with Crippen molar-refractivity contribution in [2.45, 2.75) is 57.6 Å². The van der Waals surface area contributed by atoms with Crippen molar-refractivity contribution in [1.29, 1.82) is 0 Å². The SMILES string of the molecule is Cc1oc(-c2ccccc2Cl)nc1CS(=O)(=O)CC(=O)CCCC1=CCCCC1. The zero-order valence-corrected chi connectivity index (χ0v) is 18.2. The minimum atomic E-state index is -3.61. The van der Waals surface area contributed by atoms with Crippen molar-refractivity contribution in [3.8, 4) is 11.5 Å². The lowest BCUT2D eigenvalue weighted by atomic mass is 9.95. The number of sulfone groups is 1. The number of benzene rings is 1. The maximum absolute atomic E-state index is 12.5. The summed E-state index contributed by atoms with van der Waals surface area (Å²) in [5, 5.41) is 0.478. The number of hydrogen-bond acceptors (Lipinski definition) is 5. The monoisotopic (exact) mass is 435 g/mol.